The highest BCUT2D eigenvalue weighted by Gasteiger charge is 2.36. The largest absolute Gasteiger partial charge is 0.375 e. The van der Waals surface area contributed by atoms with Crippen LogP contribution in [0, 0.1) is 17.0 Å². The maximum Gasteiger partial charge on any atom is 0.272 e. The normalized spacial score (nSPS) is 17.6. The van der Waals surface area contributed by atoms with Crippen molar-refractivity contribution in [2.45, 2.75) is 12.0 Å². The maximum atomic E-state index is 14.2. The molecule has 1 aliphatic heterocycles. The van der Waals surface area contributed by atoms with Crippen LogP contribution in [0.15, 0.2) is 53.5 Å². The number of hydrogen-bond acceptors (Lipinski definition) is 5. The first-order chi connectivity index (χ1) is 13.9. The van der Waals surface area contributed by atoms with Gasteiger partial charge in [-0.2, -0.15) is 5.10 Å². The lowest BCUT2D eigenvalue weighted by molar-refractivity contribution is 0.431. The van der Waals surface area contributed by atoms with E-state index >= 15 is 0 Å². The second-order valence-electron chi connectivity index (χ2n) is 7.04. The maximum absolute atomic E-state index is 14.2. The molecular formula is C21H19F2N5O. The first-order valence-corrected chi connectivity index (χ1v) is 9.03. The first kappa shape index (κ1) is 18.8. The summed E-state index contributed by atoms with van der Waals surface area (Å²) in [4.78, 5) is 14.1. The molecule has 0 saturated carbocycles. The van der Waals surface area contributed by atoms with Crippen LogP contribution in [-0.2, 0) is 0 Å². The van der Waals surface area contributed by atoms with Crippen molar-refractivity contribution >= 4 is 22.7 Å². The molecule has 0 spiro atoms. The minimum Gasteiger partial charge on any atom is -0.375 e. The van der Waals surface area contributed by atoms with Gasteiger partial charge in [-0.05, 0) is 29.8 Å². The molecule has 0 amide bonds. The van der Waals surface area contributed by atoms with Crippen molar-refractivity contribution in [2.75, 3.05) is 18.9 Å². The van der Waals surface area contributed by atoms with E-state index < -0.39 is 23.3 Å². The number of nitrogens with one attached hydrogen (secondary N) is 3. The highest BCUT2D eigenvalue weighted by atomic mass is 19.1. The Morgan fingerprint density at radius 3 is 2.69 bits per heavy atom. The van der Waals surface area contributed by atoms with Gasteiger partial charge in [-0.15, -0.1) is 0 Å². The molecule has 4 rings (SSSR count). The minimum absolute atomic E-state index is 0.196. The lowest BCUT2D eigenvalue weighted by atomic mass is 9.81. The van der Waals surface area contributed by atoms with Crippen LogP contribution < -0.4 is 10.9 Å². The molecule has 0 saturated heterocycles. The molecule has 0 radical (unpaired) electrons. The molecule has 3 N–H and O–H groups in total. The molecule has 2 aromatic carbocycles. The van der Waals surface area contributed by atoms with Gasteiger partial charge in [-0.1, -0.05) is 18.7 Å². The summed E-state index contributed by atoms with van der Waals surface area (Å²) in [5.41, 5.74) is 1.93. The molecule has 1 aromatic heterocycles. The van der Waals surface area contributed by atoms with Crippen LogP contribution in [0.5, 0.6) is 0 Å². The molecule has 0 fully saturated rings. The second-order valence-corrected chi connectivity index (χ2v) is 7.04. The van der Waals surface area contributed by atoms with Crippen molar-refractivity contribution in [3.05, 3.63) is 81.9 Å². The zero-order valence-electron chi connectivity index (χ0n) is 15.7. The summed E-state index contributed by atoms with van der Waals surface area (Å²) in [6.07, 6.45) is 1.25. The SMILES string of the molecule is C=C(C1Nc2cc(F)cc3c(=O)[nH]nc(c23)C1c1ccc(F)cc1)N(C)CC=N. The molecule has 2 atom stereocenters. The van der Waals surface area contributed by atoms with Crippen molar-refractivity contribution in [1.29, 1.82) is 5.41 Å². The van der Waals surface area contributed by atoms with Crippen molar-refractivity contribution in [3.8, 4) is 0 Å². The number of likely N-dealkylation sites (N-methyl/N-ethyl adjacent to an activating group) is 1. The van der Waals surface area contributed by atoms with Crippen LogP contribution in [0.1, 0.15) is 17.2 Å². The van der Waals surface area contributed by atoms with Crippen molar-refractivity contribution in [2.24, 2.45) is 0 Å². The molecule has 0 aliphatic carbocycles. The van der Waals surface area contributed by atoms with Gasteiger partial charge in [0.2, 0.25) is 0 Å². The van der Waals surface area contributed by atoms with Gasteiger partial charge in [0, 0.05) is 30.0 Å². The number of rotatable bonds is 5. The summed E-state index contributed by atoms with van der Waals surface area (Å²) in [7, 11) is 1.80. The summed E-state index contributed by atoms with van der Waals surface area (Å²) >= 11 is 0. The fourth-order valence-electron chi connectivity index (χ4n) is 3.82. The van der Waals surface area contributed by atoms with Crippen molar-refractivity contribution in [3.63, 3.8) is 0 Å². The summed E-state index contributed by atoms with van der Waals surface area (Å²) in [6, 6.07) is 8.10. The van der Waals surface area contributed by atoms with E-state index in [-0.39, 0.29) is 11.2 Å². The summed E-state index contributed by atoms with van der Waals surface area (Å²) in [5.74, 6) is -1.32. The van der Waals surface area contributed by atoms with Crippen LogP contribution in [0.25, 0.3) is 10.8 Å². The fraction of sp³-hybridized carbons (Fsp3) is 0.190. The van der Waals surface area contributed by atoms with Gasteiger partial charge >= 0.3 is 0 Å². The van der Waals surface area contributed by atoms with E-state index in [1.807, 2.05) is 0 Å². The number of benzene rings is 2. The monoisotopic (exact) mass is 395 g/mol. The standard InChI is InChI=1S/C21H19F2N5O/c1-11(28(2)8-7-24)19-17(12-3-5-13(22)6-4-12)20-18-15(21(29)27-26-20)9-14(23)10-16(18)25-19/h3-7,9-10,17,19,24-25H,1,8H2,2H3,(H,27,29). The van der Waals surface area contributed by atoms with Gasteiger partial charge in [-0.3, -0.25) is 4.79 Å². The quantitative estimate of drug-likeness (QED) is 0.579. The number of halogens is 2. The molecule has 3 aromatic rings. The predicted octanol–water partition coefficient (Wildman–Crippen LogP) is 3.22. The van der Waals surface area contributed by atoms with Gasteiger partial charge in [0.15, 0.2) is 0 Å². The number of hydrogen-bond donors (Lipinski definition) is 3. The Bertz CT molecular complexity index is 1170. The molecule has 29 heavy (non-hydrogen) atoms. The Hall–Kier alpha value is -3.55. The molecule has 148 valence electrons. The lowest BCUT2D eigenvalue weighted by Crippen LogP contribution is -2.40. The Kier molecular flexibility index (Phi) is 4.62. The van der Waals surface area contributed by atoms with Crippen LogP contribution >= 0.6 is 0 Å². The van der Waals surface area contributed by atoms with Gasteiger partial charge in [-0.25, -0.2) is 13.9 Å². The Morgan fingerprint density at radius 1 is 1.28 bits per heavy atom. The molecule has 6 nitrogen and oxygen atoms in total. The highest BCUT2D eigenvalue weighted by Crippen LogP contribution is 2.42. The van der Waals surface area contributed by atoms with E-state index in [0.717, 1.165) is 5.56 Å². The average molecular weight is 395 g/mol. The number of nitrogens with zero attached hydrogens (tertiary/aromatic N) is 2. The van der Waals surface area contributed by atoms with E-state index in [0.29, 0.717) is 29.0 Å². The number of H-pyrrole nitrogens is 1. The molecular weight excluding hydrogens is 376 g/mol. The molecule has 2 heterocycles. The predicted molar refractivity (Wildman–Crippen MR) is 109 cm³/mol. The minimum atomic E-state index is -0.542. The van der Waals surface area contributed by atoms with Gasteiger partial charge < -0.3 is 15.6 Å². The van der Waals surface area contributed by atoms with Crippen LogP contribution in [0.3, 0.4) is 0 Å². The lowest BCUT2D eigenvalue weighted by Gasteiger charge is -2.38. The third kappa shape index (κ3) is 3.16. The zero-order valence-corrected chi connectivity index (χ0v) is 15.7. The van der Waals surface area contributed by atoms with E-state index in [1.54, 1.807) is 24.1 Å². The summed E-state index contributed by atoms with van der Waals surface area (Å²) in [6.45, 7) is 4.50. The van der Waals surface area contributed by atoms with Crippen LogP contribution in [0.4, 0.5) is 14.5 Å². The second kappa shape index (κ2) is 7.12. The molecule has 8 heteroatoms. The topological polar surface area (TPSA) is 84.9 Å². The van der Waals surface area contributed by atoms with E-state index in [9.17, 15) is 13.6 Å². The van der Waals surface area contributed by atoms with E-state index in [4.69, 9.17) is 5.41 Å². The number of aromatic nitrogens is 2. The highest BCUT2D eigenvalue weighted by molar-refractivity contribution is 5.97. The van der Waals surface area contributed by atoms with Gasteiger partial charge in [0.1, 0.15) is 11.6 Å². The van der Waals surface area contributed by atoms with Crippen LogP contribution in [0.2, 0.25) is 0 Å². The van der Waals surface area contributed by atoms with Crippen LogP contribution in [-0.4, -0.2) is 40.9 Å². The van der Waals surface area contributed by atoms with Crippen molar-refractivity contribution < 1.29 is 8.78 Å². The zero-order chi connectivity index (χ0) is 20.7. The van der Waals surface area contributed by atoms with Gasteiger partial charge in [0.05, 0.1) is 29.6 Å². The molecule has 1 aliphatic rings. The summed E-state index contributed by atoms with van der Waals surface area (Å²) in [5, 5.41) is 18.1. The number of aromatic amines is 1. The van der Waals surface area contributed by atoms with E-state index in [2.05, 4.69) is 22.1 Å². The van der Waals surface area contributed by atoms with Gasteiger partial charge in [0.25, 0.3) is 5.56 Å². The Labute approximate surface area is 165 Å². The first-order valence-electron chi connectivity index (χ1n) is 9.03. The Balaban J connectivity index is 1.96. The molecule has 2 unspecified atom stereocenters. The average Bonchev–Trinajstić information content (AvgIpc) is 2.70. The Morgan fingerprint density at radius 2 is 2.00 bits per heavy atom. The number of anilines is 1. The van der Waals surface area contributed by atoms with Crippen molar-refractivity contribution in [1.82, 2.24) is 15.1 Å². The fourth-order valence-corrected chi connectivity index (χ4v) is 3.82. The third-order valence-corrected chi connectivity index (χ3v) is 5.26. The smallest absolute Gasteiger partial charge is 0.272 e. The third-order valence-electron chi connectivity index (χ3n) is 5.26. The summed E-state index contributed by atoms with van der Waals surface area (Å²) < 4.78 is 27.7. The van der Waals surface area contributed by atoms with E-state index in [1.165, 1.54) is 30.5 Å². The molecule has 0 bridgehead atoms.